The Morgan fingerprint density at radius 3 is 2.85 bits per heavy atom. The maximum Gasteiger partial charge on any atom is 0.306 e. The van der Waals surface area contributed by atoms with Gasteiger partial charge in [-0.2, -0.15) is 0 Å². The van der Waals surface area contributed by atoms with Crippen molar-refractivity contribution in [3.63, 3.8) is 0 Å². The molecule has 0 saturated heterocycles. The van der Waals surface area contributed by atoms with E-state index in [-0.39, 0.29) is 5.97 Å². The van der Waals surface area contributed by atoms with Crippen molar-refractivity contribution in [1.82, 2.24) is 9.97 Å². The lowest BCUT2D eigenvalue weighted by Gasteiger charge is -2.08. The highest BCUT2D eigenvalue weighted by Gasteiger charge is 2.07. The van der Waals surface area contributed by atoms with E-state index in [0.29, 0.717) is 31.2 Å². The van der Waals surface area contributed by atoms with Crippen LogP contribution in [0.25, 0.3) is 0 Å². The lowest BCUT2D eigenvalue weighted by molar-refractivity contribution is -0.140. The predicted molar refractivity (Wildman–Crippen MR) is 78.9 cm³/mol. The zero-order valence-electron chi connectivity index (χ0n) is 12.1. The Labute approximate surface area is 123 Å². The van der Waals surface area contributed by atoms with Crippen molar-refractivity contribution in [2.75, 3.05) is 31.3 Å². The van der Waals surface area contributed by atoms with E-state index in [9.17, 15) is 4.79 Å². The van der Waals surface area contributed by atoms with Gasteiger partial charge in [-0.05, 0) is 13.8 Å². The molecule has 0 aliphatic rings. The number of aromatic nitrogens is 2. The molecule has 7 heteroatoms. The molecule has 20 heavy (non-hydrogen) atoms. The number of anilines is 1. The van der Waals surface area contributed by atoms with Gasteiger partial charge in [0.2, 0.25) is 0 Å². The van der Waals surface area contributed by atoms with Crippen LogP contribution in [0, 0.1) is 0 Å². The fourth-order valence-corrected chi connectivity index (χ4v) is 2.26. The fraction of sp³-hybridized carbons (Fsp3) is 0.615. The first kappa shape index (κ1) is 16.7. The molecule has 1 N–H and O–H groups in total. The van der Waals surface area contributed by atoms with Crippen molar-refractivity contribution < 1.29 is 14.3 Å². The monoisotopic (exact) mass is 299 g/mol. The Hall–Kier alpha value is -1.34. The molecule has 1 heterocycles. The standard InChI is InChI=1S/C13H21N3O3S/c1-4-14-10-8-12(20-7-6-13(17)18-3)16-11(15-10)9-19-5-2/h8H,4-7,9H2,1-3H3,(H,14,15,16). The number of rotatable bonds is 9. The van der Waals surface area contributed by atoms with Gasteiger partial charge in [0, 0.05) is 25.0 Å². The largest absolute Gasteiger partial charge is 0.469 e. The molecule has 0 aliphatic carbocycles. The van der Waals surface area contributed by atoms with E-state index >= 15 is 0 Å². The Kier molecular flexibility index (Phi) is 7.98. The highest BCUT2D eigenvalue weighted by molar-refractivity contribution is 7.99. The van der Waals surface area contributed by atoms with Gasteiger partial charge in [-0.25, -0.2) is 9.97 Å². The Balaban J connectivity index is 2.66. The van der Waals surface area contributed by atoms with Gasteiger partial charge < -0.3 is 14.8 Å². The molecule has 0 aromatic carbocycles. The van der Waals surface area contributed by atoms with Crippen molar-refractivity contribution in [2.45, 2.75) is 31.9 Å². The van der Waals surface area contributed by atoms with E-state index in [1.165, 1.54) is 18.9 Å². The summed E-state index contributed by atoms with van der Waals surface area (Å²) in [7, 11) is 1.39. The molecule has 6 nitrogen and oxygen atoms in total. The number of nitrogens with one attached hydrogen (secondary N) is 1. The number of hydrogen-bond donors (Lipinski definition) is 1. The first-order valence-electron chi connectivity index (χ1n) is 6.58. The van der Waals surface area contributed by atoms with E-state index in [4.69, 9.17) is 4.74 Å². The molecule has 0 radical (unpaired) electrons. The summed E-state index contributed by atoms with van der Waals surface area (Å²) >= 11 is 1.50. The Bertz CT molecular complexity index is 429. The molecule has 0 spiro atoms. The summed E-state index contributed by atoms with van der Waals surface area (Å²) in [5.74, 6) is 1.83. The van der Waals surface area contributed by atoms with Crippen molar-refractivity contribution in [3.8, 4) is 0 Å². The van der Waals surface area contributed by atoms with Crippen LogP contribution in [0.4, 0.5) is 5.82 Å². The highest BCUT2D eigenvalue weighted by atomic mass is 32.2. The minimum absolute atomic E-state index is 0.215. The first-order chi connectivity index (χ1) is 9.69. The van der Waals surface area contributed by atoms with Crippen molar-refractivity contribution >= 4 is 23.5 Å². The zero-order chi connectivity index (χ0) is 14.8. The number of nitrogens with zero attached hydrogens (tertiary/aromatic N) is 2. The summed E-state index contributed by atoms with van der Waals surface area (Å²) in [5, 5.41) is 3.99. The molecular weight excluding hydrogens is 278 g/mol. The van der Waals surface area contributed by atoms with Crippen LogP contribution in [0.5, 0.6) is 0 Å². The molecule has 0 amide bonds. The second-order valence-electron chi connectivity index (χ2n) is 3.85. The first-order valence-corrected chi connectivity index (χ1v) is 7.57. The Morgan fingerprint density at radius 2 is 2.20 bits per heavy atom. The molecule has 112 valence electrons. The molecule has 0 bridgehead atoms. The average molecular weight is 299 g/mol. The third-order valence-electron chi connectivity index (χ3n) is 2.33. The fourth-order valence-electron chi connectivity index (χ4n) is 1.42. The van der Waals surface area contributed by atoms with Crippen LogP contribution in [0.15, 0.2) is 11.1 Å². The minimum Gasteiger partial charge on any atom is -0.469 e. The summed E-state index contributed by atoms with van der Waals surface area (Å²) in [6.07, 6.45) is 0.364. The molecule has 0 unspecified atom stereocenters. The van der Waals surface area contributed by atoms with Gasteiger partial charge in [-0.1, -0.05) is 0 Å². The number of carbonyl (C=O) groups excluding carboxylic acids is 1. The van der Waals surface area contributed by atoms with Crippen LogP contribution in [-0.4, -0.2) is 42.0 Å². The quantitative estimate of drug-likeness (QED) is 0.425. The zero-order valence-corrected chi connectivity index (χ0v) is 13.0. The summed E-state index contributed by atoms with van der Waals surface area (Å²) in [5.41, 5.74) is 0. The molecule has 0 atom stereocenters. The van der Waals surface area contributed by atoms with Gasteiger partial charge in [0.25, 0.3) is 0 Å². The molecule has 1 rings (SSSR count). The van der Waals surface area contributed by atoms with Crippen LogP contribution in [0.1, 0.15) is 26.1 Å². The summed E-state index contributed by atoms with van der Waals surface area (Å²) in [6, 6.07) is 1.88. The lowest BCUT2D eigenvalue weighted by Crippen LogP contribution is -2.06. The number of methoxy groups -OCH3 is 1. The third-order valence-corrected chi connectivity index (χ3v) is 3.24. The average Bonchev–Trinajstić information content (AvgIpc) is 2.45. The van der Waals surface area contributed by atoms with E-state index in [1.807, 2.05) is 19.9 Å². The topological polar surface area (TPSA) is 73.3 Å². The van der Waals surface area contributed by atoms with Crippen LogP contribution in [-0.2, 0) is 20.9 Å². The molecule has 0 saturated carbocycles. The van der Waals surface area contributed by atoms with Crippen molar-refractivity contribution in [1.29, 1.82) is 0 Å². The number of hydrogen-bond acceptors (Lipinski definition) is 7. The van der Waals surface area contributed by atoms with Gasteiger partial charge in [-0.15, -0.1) is 11.8 Å². The summed E-state index contributed by atoms with van der Waals surface area (Å²) < 4.78 is 9.94. The summed E-state index contributed by atoms with van der Waals surface area (Å²) in [6.45, 7) is 5.74. The normalized spacial score (nSPS) is 10.3. The van der Waals surface area contributed by atoms with Gasteiger partial charge in [0.1, 0.15) is 17.5 Å². The number of esters is 1. The second kappa shape index (κ2) is 9.55. The van der Waals surface area contributed by atoms with E-state index in [2.05, 4.69) is 20.0 Å². The van der Waals surface area contributed by atoms with Crippen molar-refractivity contribution in [3.05, 3.63) is 11.9 Å². The van der Waals surface area contributed by atoms with E-state index in [0.717, 1.165) is 17.4 Å². The van der Waals surface area contributed by atoms with Crippen LogP contribution in [0.3, 0.4) is 0 Å². The van der Waals surface area contributed by atoms with Crippen molar-refractivity contribution in [2.24, 2.45) is 0 Å². The Morgan fingerprint density at radius 1 is 1.40 bits per heavy atom. The number of ether oxygens (including phenoxy) is 2. The van der Waals surface area contributed by atoms with Gasteiger partial charge in [0.15, 0.2) is 5.82 Å². The number of thioether (sulfide) groups is 1. The molecule has 0 aliphatic heterocycles. The summed E-state index contributed by atoms with van der Waals surface area (Å²) in [4.78, 5) is 19.9. The molecule has 1 aromatic heterocycles. The predicted octanol–water partition coefficient (Wildman–Crippen LogP) is 2.10. The smallest absolute Gasteiger partial charge is 0.306 e. The second-order valence-corrected chi connectivity index (χ2v) is 4.96. The van der Waals surface area contributed by atoms with E-state index < -0.39 is 0 Å². The maximum absolute atomic E-state index is 11.1. The lowest BCUT2D eigenvalue weighted by atomic mass is 10.5. The number of carbonyl (C=O) groups is 1. The van der Waals surface area contributed by atoms with Gasteiger partial charge in [0.05, 0.1) is 13.5 Å². The molecular formula is C13H21N3O3S. The van der Waals surface area contributed by atoms with E-state index in [1.54, 1.807) is 0 Å². The van der Waals surface area contributed by atoms with Gasteiger partial charge in [-0.3, -0.25) is 4.79 Å². The molecule has 1 aromatic rings. The molecule has 0 fully saturated rings. The third kappa shape index (κ3) is 6.21. The highest BCUT2D eigenvalue weighted by Crippen LogP contribution is 2.20. The van der Waals surface area contributed by atoms with Crippen LogP contribution >= 0.6 is 11.8 Å². The SMILES string of the molecule is CCNc1cc(SCCC(=O)OC)nc(COCC)n1. The minimum atomic E-state index is -0.215. The van der Waals surface area contributed by atoms with Crippen LogP contribution < -0.4 is 5.32 Å². The van der Waals surface area contributed by atoms with Crippen LogP contribution in [0.2, 0.25) is 0 Å². The van der Waals surface area contributed by atoms with Gasteiger partial charge >= 0.3 is 5.97 Å². The maximum atomic E-state index is 11.1.